The van der Waals surface area contributed by atoms with Crippen LogP contribution in [-0.4, -0.2) is 54.6 Å². The molecular weight excluding hydrogens is 358 g/mol. The van der Waals surface area contributed by atoms with Gasteiger partial charge in [-0.15, -0.1) is 0 Å². The lowest BCUT2D eigenvalue weighted by Gasteiger charge is -2.26. The van der Waals surface area contributed by atoms with Crippen LogP contribution in [-0.2, 0) is 20.9 Å². The number of benzene rings is 1. The van der Waals surface area contributed by atoms with Crippen molar-refractivity contribution in [1.29, 1.82) is 0 Å². The van der Waals surface area contributed by atoms with E-state index in [-0.39, 0.29) is 18.4 Å². The van der Waals surface area contributed by atoms with Gasteiger partial charge in [0.05, 0.1) is 13.2 Å². The lowest BCUT2D eigenvalue weighted by molar-refractivity contribution is -0.137. The molecule has 1 fully saturated rings. The summed E-state index contributed by atoms with van der Waals surface area (Å²) >= 11 is 0. The number of hydrogen-bond acceptors (Lipinski definition) is 5. The van der Waals surface area contributed by atoms with E-state index in [1.54, 1.807) is 29.4 Å². The van der Waals surface area contributed by atoms with Crippen molar-refractivity contribution in [3.63, 3.8) is 0 Å². The van der Waals surface area contributed by atoms with Crippen LogP contribution in [0.3, 0.4) is 0 Å². The predicted molar refractivity (Wildman–Crippen MR) is 104 cm³/mol. The number of hydrogen-bond donors (Lipinski definition) is 1. The summed E-state index contributed by atoms with van der Waals surface area (Å²) in [5.74, 6) is 0.264. The zero-order chi connectivity index (χ0) is 19.6. The normalized spacial score (nSPS) is 14.1. The average molecular weight is 381 g/mol. The molecule has 2 heterocycles. The van der Waals surface area contributed by atoms with E-state index in [1.165, 1.54) is 6.08 Å². The Morgan fingerprint density at radius 1 is 1.18 bits per heavy atom. The van der Waals surface area contributed by atoms with Crippen molar-refractivity contribution in [1.82, 2.24) is 15.2 Å². The Kier molecular flexibility index (Phi) is 7.14. The van der Waals surface area contributed by atoms with Crippen molar-refractivity contribution in [2.24, 2.45) is 0 Å². The highest BCUT2D eigenvalue weighted by Crippen LogP contribution is 2.19. The molecule has 0 radical (unpaired) electrons. The third-order valence-corrected chi connectivity index (χ3v) is 4.24. The van der Waals surface area contributed by atoms with Crippen LogP contribution in [0.1, 0.15) is 11.1 Å². The summed E-state index contributed by atoms with van der Waals surface area (Å²) in [5.41, 5.74) is 1.66. The first kappa shape index (κ1) is 19.6. The Morgan fingerprint density at radius 3 is 2.79 bits per heavy atom. The topological polar surface area (TPSA) is 80.8 Å². The molecule has 0 saturated carbocycles. The minimum absolute atomic E-state index is 0.0436. The van der Waals surface area contributed by atoms with Crippen LogP contribution in [0.25, 0.3) is 6.08 Å². The molecule has 0 spiro atoms. The molecule has 2 amide bonds. The van der Waals surface area contributed by atoms with Crippen molar-refractivity contribution < 1.29 is 19.1 Å². The fraction of sp³-hybridized carbons (Fsp3) is 0.286. The average Bonchev–Trinajstić information content (AvgIpc) is 2.76. The molecule has 1 aliphatic heterocycles. The van der Waals surface area contributed by atoms with E-state index in [4.69, 9.17) is 9.47 Å². The van der Waals surface area contributed by atoms with Gasteiger partial charge >= 0.3 is 0 Å². The fourth-order valence-electron chi connectivity index (χ4n) is 2.71. The van der Waals surface area contributed by atoms with E-state index < -0.39 is 0 Å². The van der Waals surface area contributed by atoms with Gasteiger partial charge in [-0.05, 0) is 23.8 Å². The Labute approximate surface area is 164 Å². The second kappa shape index (κ2) is 10.2. The van der Waals surface area contributed by atoms with Crippen molar-refractivity contribution in [3.05, 3.63) is 66.0 Å². The molecule has 1 aromatic carbocycles. The third kappa shape index (κ3) is 5.92. The van der Waals surface area contributed by atoms with Crippen LogP contribution in [0.5, 0.6) is 5.75 Å². The Morgan fingerprint density at radius 2 is 2.00 bits per heavy atom. The quantitative estimate of drug-likeness (QED) is 0.738. The minimum Gasteiger partial charge on any atom is -0.483 e. The monoisotopic (exact) mass is 381 g/mol. The molecule has 1 aliphatic rings. The summed E-state index contributed by atoms with van der Waals surface area (Å²) in [6, 6.07) is 11.0. The maximum Gasteiger partial charge on any atom is 0.260 e. The lowest BCUT2D eigenvalue weighted by atomic mass is 10.2. The number of carbonyl (C=O) groups is 2. The highest BCUT2D eigenvalue weighted by molar-refractivity contribution is 5.92. The number of aromatic nitrogens is 1. The SMILES string of the molecule is O=C(C=Cc1ccccc1OCC(=O)N1CCOCC1)NCc1cccnc1. The van der Waals surface area contributed by atoms with Gasteiger partial charge in [-0.3, -0.25) is 14.6 Å². The van der Waals surface area contributed by atoms with Crippen LogP contribution in [0.15, 0.2) is 54.9 Å². The van der Waals surface area contributed by atoms with Crippen molar-refractivity contribution >= 4 is 17.9 Å². The fourth-order valence-corrected chi connectivity index (χ4v) is 2.71. The van der Waals surface area contributed by atoms with E-state index in [9.17, 15) is 9.59 Å². The van der Waals surface area contributed by atoms with E-state index in [2.05, 4.69) is 10.3 Å². The number of rotatable bonds is 7. The molecule has 146 valence electrons. The number of amides is 2. The van der Waals surface area contributed by atoms with Crippen LogP contribution in [0.4, 0.5) is 0 Å². The van der Waals surface area contributed by atoms with Gasteiger partial charge in [-0.1, -0.05) is 24.3 Å². The summed E-state index contributed by atoms with van der Waals surface area (Å²) in [5, 5.41) is 2.80. The summed E-state index contributed by atoms with van der Waals surface area (Å²) in [4.78, 5) is 30.0. The largest absolute Gasteiger partial charge is 0.483 e. The predicted octanol–water partition coefficient (Wildman–Crippen LogP) is 1.65. The van der Waals surface area contributed by atoms with Gasteiger partial charge in [0.2, 0.25) is 5.91 Å². The van der Waals surface area contributed by atoms with E-state index in [0.29, 0.717) is 38.6 Å². The minimum atomic E-state index is -0.219. The number of nitrogens with one attached hydrogen (secondary N) is 1. The first-order valence-electron chi connectivity index (χ1n) is 9.14. The molecule has 0 atom stereocenters. The van der Waals surface area contributed by atoms with Crippen LogP contribution in [0.2, 0.25) is 0 Å². The highest BCUT2D eigenvalue weighted by atomic mass is 16.5. The number of pyridine rings is 1. The molecular formula is C21H23N3O4. The second-order valence-electron chi connectivity index (χ2n) is 6.23. The van der Waals surface area contributed by atoms with Crippen molar-refractivity contribution in [3.8, 4) is 5.75 Å². The summed E-state index contributed by atoms with van der Waals surface area (Å²) < 4.78 is 10.9. The first-order valence-corrected chi connectivity index (χ1v) is 9.14. The summed E-state index contributed by atoms with van der Waals surface area (Å²) in [6.07, 6.45) is 6.51. The molecule has 2 aromatic rings. The number of carbonyl (C=O) groups excluding carboxylic acids is 2. The molecule has 3 rings (SSSR count). The molecule has 1 N–H and O–H groups in total. The first-order chi connectivity index (χ1) is 13.7. The van der Waals surface area contributed by atoms with Crippen molar-refractivity contribution in [2.75, 3.05) is 32.9 Å². The lowest BCUT2D eigenvalue weighted by Crippen LogP contribution is -2.43. The number of ether oxygens (including phenoxy) is 2. The second-order valence-corrected chi connectivity index (χ2v) is 6.23. The maximum atomic E-state index is 12.2. The van der Waals surface area contributed by atoms with Gasteiger partial charge in [0.1, 0.15) is 5.75 Å². The van der Waals surface area contributed by atoms with E-state index in [0.717, 1.165) is 11.1 Å². The van der Waals surface area contributed by atoms with Crippen LogP contribution < -0.4 is 10.1 Å². The Balaban J connectivity index is 1.53. The molecule has 1 aromatic heterocycles. The zero-order valence-corrected chi connectivity index (χ0v) is 15.5. The number of para-hydroxylation sites is 1. The van der Waals surface area contributed by atoms with E-state index >= 15 is 0 Å². The smallest absolute Gasteiger partial charge is 0.260 e. The standard InChI is InChI=1S/C21H23N3O4/c25-20(23-15-17-4-3-9-22-14-17)8-7-18-5-1-2-6-19(18)28-16-21(26)24-10-12-27-13-11-24/h1-9,14H,10-13,15-16H2,(H,23,25). The van der Waals surface area contributed by atoms with Gasteiger partial charge in [0, 0.05) is 43.7 Å². The molecule has 1 saturated heterocycles. The molecule has 0 unspecified atom stereocenters. The Bertz CT molecular complexity index is 817. The van der Waals surface area contributed by atoms with Gasteiger partial charge < -0.3 is 19.7 Å². The van der Waals surface area contributed by atoms with E-state index in [1.807, 2.05) is 30.3 Å². The summed E-state index contributed by atoms with van der Waals surface area (Å²) in [6.45, 7) is 2.64. The molecule has 0 bridgehead atoms. The number of nitrogens with zero attached hydrogens (tertiary/aromatic N) is 2. The van der Waals surface area contributed by atoms with Crippen molar-refractivity contribution in [2.45, 2.75) is 6.54 Å². The third-order valence-electron chi connectivity index (χ3n) is 4.24. The highest BCUT2D eigenvalue weighted by Gasteiger charge is 2.17. The maximum absolute atomic E-state index is 12.2. The van der Waals surface area contributed by atoms with Crippen LogP contribution in [0, 0.1) is 0 Å². The Hall–Kier alpha value is -3.19. The summed E-state index contributed by atoms with van der Waals surface area (Å²) in [7, 11) is 0. The molecule has 0 aliphatic carbocycles. The van der Waals surface area contributed by atoms with Gasteiger partial charge in [0.25, 0.3) is 5.91 Å². The molecule has 7 heteroatoms. The molecule has 7 nitrogen and oxygen atoms in total. The van der Waals surface area contributed by atoms with Crippen LogP contribution >= 0.6 is 0 Å². The van der Waals surface area contributed by atoms with Gasteiger partial charge in [-0.2, -0.15) is 0 Å². The van der Waals surface area contributed by atoms with Gasteiger partial charge in [-0.25, -0.2) is 0 Å². The number of morpholine rings is 1. The zero-order valence-electron chi connectivity index (χ0n) is 15.5. The molecule has 28 heavy (non-hydrogen) atoms. The van der Waals surface area contributed by atoms with Gasteiger partial charge in [0.15, 0.2) is 6.61 Å².